The van der Waals surface area contributed by atoms with Crippen LogP contribution in [-0.2, 0) is 20.9 Å². The Balaban J connectivity index is 1.92. The van der Waals surface area contributed by atoms with E-state index in [4.69, 9.17) is 45.6 Å². The Morgan fingerprint density at radius 1 is 1.13 bits per heavy atom. The number of hydrogen-bond acceptors (Lipinski definition) is 10. The summed E-state index contributed by atoms with van der Waals surface area (Å²) < 4.78 is -2.21. The maximum Gasteiger partial charge on any atom is 0.326 e. The van der Waals surface area contributed by atoms with Crippen LogP contribution >= 0.6 is 34.8 Å². The van der Waals surface area contributed by atoms with Crippen LogP contribution in [0.1, 0.15) is 28.9 Å². The van der Waals surface area contributed by atoms with Crippen molar-refractivity contribution in [1.29, 1.82) is 0 Å². The van der Waals surface area contributed by atoms with Crippen LogP contribution in [0.2, 0.25) is 0 Å². The van der Waals surface area contributed by atoms with Gasteiger partial charge in [0.15, 0.2) is 11.2 Å². The van der Waals surface area contributed by atoms with Gasteiger partial charge in [0.25, 0.3) is 10.4 Å². The molecule has 0 aliphatic rings. The highest BCUT2D eigenvalue weighted by Gasteiger charge is 2.40. The smallest absolute Gasteiger partial charge is 0.326 e. The van der Waals surface area contributed by atoms with Crippen molar-refractivity contribution < 1.29 is 29.4 Å². The predicted octanol–water partition coefficient (Wildman–Crippen LogP) is 1.29. The molecule has 14 nitrogen and oxygen atoms in total. The fourth-order valence-electron chi connectivity index (χ4n) is 3.36. The lowest BCUT2D eigenvalue weighted by Crippen LogP contribution is -2.46. The Hall–Kier alpha value is -4.01. The number of Topliss-reactive ketones (excluding diaryl/α,β-unsaturated/α-hetero) is 1. The van der Waals surface area contributed by atoms with E-state index >= 15 is 0 Å². The zero-order chi connectivity index (χ0) is 28.9. The fourth-order valence-corrected chi connectivity index (χ4v) is 4.14. The molecule has 0 saturated carbocycles. The summed E-state index contributed by atoms with van der Waals surface area (Å²) in [6, 6.07) is 3.96. The number of amides is 1. The van der Waals surface area contributed by atoms with Gasteiger partial charge in [0.05, 0.1) is 24.3 Å². The van der Waals surface area contributed by atoms with Crippen molar-refractivity contribution in [2.24, 2.45) is 0 Å². The van der Waals surface area contributed by atoms with Gasteiger partial charge < -0.3 is 31.1 Å². The molecule has 206 valence electrons. The number of carbonyl (C=O) groups is 4. The number of nitrogens with two attached hydrogens (primary N) is 1. The lowest BCUT2D eigenvalue weighted by Gasteiger charge is -2.34. The van der Waals surface area contributed by atoms with Gasteiger partial charge in [-0.2, -0.15) is 4.98 Å². The molecule has 0 aliphatic carbocycles. The molecule has 39 heavy (non-hydrogen) atoms. The molecule has 0 aliphatic heterocycles. The molecule has 0 fully saturated rings. The molecule has 3 aromatic rings. The Morgan fingerprint density at radius 3 is 2.38 bits per heavy atom. The number of anilines is 2. The second-order valence-corrected chi connectivity index (χ2v) is 9.57. The van der Waals surface area contributed by atoms with Gasteiger partial charge in [-0.25, -0.2) is 14.8 Å². The molecule has 2 aromatic heterocycles. The summed E-state index contributed by atoms with van der Waals surface area (Å²) >= 11 is 18.5. The fraction of sp³-hybridized carbons (Fsp3) is 0.273. The maximum absolute atomic E-state index is 12.6. The number of fused-ring (bicyclic) bond motifs is 1. The van der Waals surface area contributed by atoms with Crippen LogP contribution in [-0.4, -0.2) is 70.2 Å². The van der Waals surface area contributed by atoms with E-state index in [9.17, 15) is 29.1 Å². The third-order valence-electron chi connectivity index (χ3n) is 5.30. The number of nitrogen functional groups attached to an aromatic ring is 1. The number of halogens is 3. The minimum Gasteiger partial charge on any atom is -0.481 e. The zero-order valence-electron chi connectivity index (χ0n) is 19.7. The van der Waals surface area contributed by atoms with E-state index in [1.807, 2.05) is 0 Å². The standard InChI is InChI=1S/C22H20Cl3N7O7/c23-7-14(33)22(24,25)32(9-11-8-27-17-16(28-11)19(37)31-21(26)30-17)12-3-1-10(2-4-12)18(36)29-13(20(38)39)5-6-15(34)35/h1-4,8,13H,5-7,9H2,(H,29,36)(H,34,35)(H,38,39)(H3,26,27,30,31,37)/t13-/m0/s1. The number of aromatic nitrogens is 4. The first kappa shape index (κ1) is 29.5. The lowest BCUT2D eigenvalue weighted by atomic mass is 10.1. The van der Waals surface area contributed by atoms with E-state index < -0.39 is 52.0 Å². The number of benzene rings is 1. The minimum atomic E-state index is -2.21. The summed E-state index contributed by atoms with van der Waals surface area (Å²) in [5.41, 5.74) is 5.16. The van der Waals surface area contributed by atoms with Gasteiger partial charge >= 0.3 is 17.5 Å². The van der Waals surface area contributed by atoms with Crippen LogP contribution in [0.15, 0.2) is 35.3 Å². The summed E-state index contributed by atoms with van der Waals surface area (Å²) in [6.07, 6.45) is 0.520. The van der Waals surface area contributed by atoms with Crippen molar-refractivity contribution in [3.05, 3.63) is 52.1 Å². The van der Waals surface area contributed by atoms with E-state index in [0.717, 1.165) is 0 Å². The second kappa shape index (κ2) is 12.2. The van der Waals surface area contributed by atoms with E-state index in [1.54, 1.807) is 0 Å². The highest BCUT2D eigenvalue weighted by Crippen LogP contribution is 2.34. The molecule has 0 saturated heterocycles. The molecule has 17 heteroatoms. The van der Waals surface area contributed by atoms with Crippen molar-refractivity contribution in [2.45, 2.75) is 29.9 Å². The Morgan fingerprint density at radius 2 is 1.79 bits per heavy atom. The molecule has 0 radical (unpaired) electrons. The van der Waals surface area contributed by atoms with Gasteiger partial charge in [-0.15, -0.1) is 11.6 Å². The largest absolute Gasteiger partial charge is 0.481 e. The lowest BCUT2D eigenvalue weighted by molar-refractivity contribution is -0.140. The molecule has 2 heterocycles. The number of aromatic amines is 1. The molecular weight excluding hydrogens is 581 g/mol. The number of H-pyrrole nitrogens is 1. The van der Waals surface area contributed by atoms with Gasteiger partial charge in [-0.3, -0.25) is 19.2 Å². The quantitative estimate of drug-likeness (QED) is 0.147. The number of nitrogens with one attached hydrogen (secondary N) is 2. The first-order valence-electron chi connectivity index (χ1n) is 10.9. The minimum absolute atomic E-state index is 0.0272. The van der Waals surface area contributed by atoms with Crippen molar-refractivity contribution in [2.75, 3.05) is 16.5 Å². The van der Waals surface area contributed by atoms with Crippen LogP contribution < -0.4 is 21.5 Å². The van der Waals surface area contributed by atoms with Crippen molar-refractivity contribution in [3.63, 3.8) is 0 Å². The average Bonchev–Trinajstić information content (AvgIpc) is 2.88. The number of alkyl halides is 3. The number of carboxylic acids is 2. The number of nitrogens with zero attached hydrogens (tertiary/aromatic N) is 4. The topological polar surface area (TPSA) is 222 Å². The van der Waals surface area contributed by atoms with E-state index in [0.29, 0.717) is 0 Å². The van der Waals surface area contributed by atoms with E-state index in [2.05, 4.69) is 25.3 Å². The number of rotatable bonds is 12. The molecule has 0 bridgehead atoms. The number of carboxylic acid groups (broad SMARTS) is 2. The SMILES string of the molecule is Nc1nc(=O)c2nc(CN(c3ccc(C(=O)N[C@@H](CCC(=O)O)C(=O)O)cc3)C(Cl)(Cl)C(=O)CCl)cnc2[nH]1. The molecule has 0 unspecified atom stereocenters. The van der Waals surface area contributed by atoms with Crippen LogP contribution in [0.4, 0.5) is 11.6 Å². The molecule has 6 N–H and O–H groups in total. The van der Waals surface area contributed by atoms with E-state index in [1.165, 1.54) is 35.4 Å². The molecule has 0 spiro atoms. The summed E-state index contributed by atoms with van der Waals surface area (Å²) in [7, 11) is 0. The van der Waals surface area contributed by atoms with Gasteiger partial charge in [-0.05, 0) is 30.7 Å². The first-order chi connectivity index (χ1) is 18.3. The summed E-state index contributed by atoms with van der Waals surface area (Å²) in [5, 5.41) is 20.3. The normalized spacial score (nSPS) is 12.1. The van der Waals surface area contributed by atoms with Crippen molar-refractivity contribution in [3.8, 4) is 0 Å². The van der Waals surface area contributed by atoms with Crippen LogP contribution in [0, 0.1) is 0 Å². The molecule has 1 atom stereocenters. The van der Waals surface area contributed by atoms with Crippen molar-refractivity contribution >= 4 is 81.2 Å². The summed E-state index contributed by atoms with van der Waals surface area (Å²) in [5.74, 6) is -4.85. The monoisotopic (exact) mass is 599 g/mol. The molecule has 1 amide bonds. The third kappa shape index (κ3) is 7.10. The molecular formula is C22H20Cl3N7O7. The Kier molecular flexibility index (Phi) is 9.27. The zero-order valence-corrected chi connectivity index (χ0v) is 22.0. The number of hydrogen-bond donors (Lipinski definition) is 5. The summed E-state index contributed by atoms with van der Waals surface area (Å²) in [4.78, 5) is 75.1. The number of aliphatic carboxylic acids is 2. The highest BCUT2D eigenvalue weighted by molar-refractivity contribution is 6.61. The van der Waals surface area contributed by atoms with Crippen molar-refractivity contribution in [1.82, 2.24) is 25.3 Å². The number of carbonyl (C=O) groups excluding carboxylic acids is 2. The maximum atomic E-state index is 12.6. The number of ketones is 1. The first-order valence-corrected chi connectivity index (χ1v) is 12.2. The Labute approximate surface area is 234 Å². The Bertz CT molecular complexity index is 1480. The van der Waals surface area contributed by atoms with Crippen LogP contribution in [0.5, 0.6) is 0 Å². The van der Waals surface area contributed by atoms with Gasteiger partial charge in [0.2, 0.25) is 11.7 Å². The average molecular weight is 601 g/mol. The molecule has 1 aromatic carbocycles. The van der Waals surface area contributed by atoms with Crippen LogP contribution in [0.25, 0.3) is 11.2 Å². The molecule has 3 rings (SSSR count). The summed E-state index contributed by atoms with van der Waals surface area (Å²) in [6.45, 7) is -0.246. The second-order valence-electron chi connectivity index (χ2n) is 8.01. The van der Waals surface area contributed by atoms with Gasteiger partial charge in [0.1, 0.15) is 6.04 Å². The van der Waals surface area contributed by atoms with Gasteiger partial charge in [0, 0.05) is 17.7 Å². The highest BCUT2D eigenvalue weighted by atomic mass is 35.5. The van der Waals surface area contributed by atoms with Crippen LogP contribution in [0.3, 0.4) is 0 Å². The third-order valence-corrected chi connectivity index (χ3v) is 6.37. The van der Waals surface area contributed by atoms with Gasteiger partial charge in [-0.1, -0.05) is 23.2 Å². The predicted molar refractivity (Wildman–Crippen MR) is 141 cm³/mol. The van der Waals surface area contributed by atoms with E-state index in [-0.39, 0.29) is 47.0 Å².